The highest BCUT2D eigenvalue weighted by Crippen LogP contribution is 2.10. The summed E-state index contributed by atoms with van der Waals surface area (Å²) in [5.41, 5.74) is 7.31. The van der Waals surface area contributed by atoms with Crippen LogP contribution in [0.1, 0.15) is 17.8 Å². The van der Waals surface area contributed by atoms with Crippen LogP contribution in [0.25, 0.3) is 0 Å². The zero-order chi connectivity index (χ0) is 14.3. The highest BCUT2D eigenvalue weighted by atomic mass is 16.5. The van der Waals surface area contributed by atoms with Crippen LogP contribution in [0.15, 0.2) is 11.2 Å². The molecule has 0 atom stereocenters. The van der Waals surface area contributed by atoms with E-state index in [0.29, 0.717) is 32.1 Å². The van der Waals surface area contributed by atoms with Crippen molar-refractivity contribution in [2.24, 2.45) is 10.9 Å². The summed E-state index contributed by atoms with van der Waals surface area (Å²) >= 11 is 0. The topological polar surface area (TPSA) is 96.9 Å². The molecule has 0 aromatic carbocycles. The fraction of sp³-hybridized carbons (Fsp3) is 0.583. The third-order valence-electron chi connectivity index (χ3n) is 2.58. The molecule has 0 amide bonds. The molecule has 0 radical (unpaired) electrons. The van der Waals surface area contributed by atoms with Gasteiger partial charge in [0.1, 0.15) is 5.84 Å². The van der Waals surface area contributed by atoms with Gasteiger partial charge in [-0.1, -0.05) is 5.16 Å². The van der Waals surface area contributed by atoms with Gasteiger partial charge >= 0.3 is 0 Å². The van der Waals surface area contributed by atoms with Crippen molar-refractivity contribution in [2.45, 2.75) is 20.3 Å². The molecule has 0 aliphatic heterocycles. The Bertz CT molecular complexity index is 416. The molecule has 0 saturated carbocycles. The summed E-state index contributed by atoms with van der Waals surface area (Å²) in [5.74, 6) is 0.826. The van der Waals surface area contributed by atoms with Crippen LogP contribution in [-0.2, 0) is 4.74 Å². The summed E-state index contributed by atoms with van der Waals surface area (Å²) in [7, 11) is 1.64. The first-order valence-electron chi connectivity index (χ1n) is 6.09. The van der Waals surface area contributed by atoms with Gasteiger partial charge in [-0.15, -0.1) is 0 Å². The summed E-state index contributed by atoms with van der Waals surface area (Å²) in [5, 5.41) is 11.5. The van der Waals surface area contributed by atoms with Crippen LogP contribution in [0.4, 0.5) is 5.95 Å². The smallest absolute Gasteiger partial charge is 0.225 e. The van der Waals surface area contributed by atoms with Crippen molar-refractivity contribution in [3.8, 4) is 0 Å². The quantitative estimate of drug-likeness (QED) is 0.326. The number of ether oxygens (including phenoxy) is 1. The standard InChI is InChI=1S/C12H21N5O2/c1-9-8-10(2)15-12(14-9)17(6-7-19-3)5-4-11(13)16-18/h8,18H,4-7H2,1-3H3,(H2,13,16). The molecule has 106 valence electrons. The first kappa shape index (κ1) is 15.2. The molecule has 7 heteroatoms. The first-order valence-corrected chi connectivity index (χ1v) is 6.09. The lowest BCUT2D eigenvalue weighted by molar-refractivity contribution is 0.205. The molecule has 0 unspecified atom stereocenters. The Kier molecular flexibility index (Phi) is 6.01. The Balaban J connectivity index is 2.82. The van der Waals surface area contributed by atoms with Gasteiger partial charge in [0.15, 0.2) is 0 Å². The molecule has 3 N–H and O–H groups in total. The molecule has 1 aromatic heterocycles. The van der Waals surface area contributed by atoms with Gasteiger partial charge in [0.05, 0.1) is 6.61 Å². The molecule has 0 saturated heterocycles. The van der Waals surface area contributed by atoms with Crippen molar-refractivity contribution in [1.82, 2.24) is 9.97 Å². The predicted molar refractivity (Wildman–Crippen MR) is 73.6 cm³/mol. The molecule has 0 fully saturated rings. The molecular formula is C12H21N5O2. The molecule has 0 bridgehead atoms. The summed E-state index contributed by atoms with van der Waals surface area (Å²) in [6.45, 7) is 5.64. The van der Waals surface area contributed by atoms with Crippen molar-refractivity contribution >= 4 is 11.8 Å². The van der Waals surface area contributed by atoms with E-state index in [1.807, 2.05) is 24.8 Å². The van der Waals surface area contributed by atoms with Crippen LogP contribution in [0, 0.1) is 13.8 Å². The Morgan fingerprint density at radius 1 is 1.37 bits per heavy atom. The molecule has 7 nitrogen and oxygen atoms in total. The Morgan fingerprint density at radius 3 is 2.53 bits per heavy atom. The highest BCUT2D eigenvalue weighted by molar-refractivity contribution is 5.80. The number of hydrogen-bond donors (Lipinski definition) is 2. The van der Waals surface area contributed by atoms with Crippen LogP contribution < -0.4 is 10.6 Å². The predicted octanol–water partition coefficient (Wildman–Crippen LogP) is 0.683. The van der Waals surface area contributed by atoms with E-state index in [1.165, 1.54) is 0 Å². The van der Waals surface area contributed by atoms with Crippen molar-refractivity contribution < 1.29 is 9.94 Å². The molecule has 0 aliphatic rings. The maximum absolute atomic E-state index is 8.57. The first-order chi connectivity index (χ1) is 9.06. The van der Waals surface area contributed by atoms with Crippen molar-refractivity contribution in [3.05, 3.63) is 17.5 Å². The molecule has 1 rings (SSSR count). The zero-order valence-electron chi connectivity index (χ0n) is 11.6. The molecular weight excluding hydrogens is 246 g/mol. The third kappa shape index (κ3) is 5.09. The van der Waals surface area contributed by atoms with Gasteiger partial charge in [-0.25, -0.2) is 9.97 Å². The van der Waals surface area contributed by atoms with E-state index in [1.54, 1.807) is 7.11 Å². The second-order valence-corrected chi connectivity index (χ2v) is 4.27. The minimum absolute atomic E-state index is 0.187. The molecule has 1 aromatic rings. The van der Waals surface area contributed by atoms with E-state index in [0.717, 1.165) is 11.4 Å². The van der Waals surface area contributed by atoms with Gasteiger partial charge < -0.3 is 20.6 Å². The largest absolute Gasteiger partial charge is 0.409 e. The summed E-state index contributed by atoms with van der Waals surface area (Å²) < 4.78 is 5.08. The summed E-state index contributed by atoms with van der Waals surface area (Å²) in [6, 6.07) is 1.92. The average Bonchev–Trinajstić information content (AvgIpc) is 2.37. The Labute approximate surface area is 113 Å². The number of anilines is 1. The van der Waals surface area contributed by atoms with E-state index < -0.39 is 0 Å². The number of nitrogens with zero attached hydrogens (tertiary/aromatic N) is 4. The number of hydrogen-bond acceptors (Lipinski definition) is 6. The Morgan fingerprint density at radius 2 is 2.00 bits per heavy atom. The number of rotatable bonds is 7. The van der Waals surface area contributed by atoms with Gasteiger partial charge in [-0.2, -0.15) is 0 Å². The van der Waals surface area contributed by atoms with E-state index in [-0.39, 0.29) is 5.84 Å². The fourth-order valence-corrected chi connectivity index (χ4v) is 1.66. The minimum Gasteiger partial charge on any atom is -0.409 e. The zero-order valence-corrected chi connectivity index (χ0v) is 11.6. The van der Waals surface area contributed by atoms with E-state index >= 15 is 0 Å². The third-order valence-corrected chi connectivity index (χ3v) is 2.58. The van der Waals surface area contributed by atoms with Crippen LogP contribution in [0.2, 0.25) is 0 Å². The van der Waals surface area contributed by atoms with Gasteiger partial charge in [-0.05, 0) is 19.9 Å². The van der Waals surface area contributed by atoms with E-state index in [9.17, 15) is 0 Å². The second-order valence-electron chi connectivity index (χ2n) is 4.27. The highest BCUT2D eigenvalue weighted by Gasteiger charge is 2.11. The van der Waals surface area contributed by atoms with Crippen LogP contribution in [0.3, 0.4) is 0 Å². The van der Waals surface area contributed by atoms with Crippen LogP contribution in [-0.4, -0.2) is 47.8 Å². The van der Waals surface area contributed by atoms with Gasteiger partial charge in [-0.3, -0.25) is 0 Å². The number of oxime groups is 1. The lowest BCUT2D eigenvalue weighted by Gasteiger charge is -2.22. The molecule has 0 aliphatic carbocycles. The normalized spacial score (nSPS) is 11.6. The molecule has 0 spiro atoms. The SMILES string of the molecule is COCCN(CCC(N)=NO)c1nc(C)cc(C)n1. The molecule has 1 heterocycles. The lowest BCUT2D eigenvalue weighted by atomic mass is 10.3. The van der Waals surface area contributed by atoms with Gasteiger partial charge in [0.2, 0.25) is 5.95 Å². The van der Waals surface area contributed by atoms with Crippen molar-refractivity contribution in [2.75, 3.05) is 31.7 Å². The van der Waals surface area contributed by atoms with E-state index in [2.05, 4.69) is 15.1 Å². The van der Waals surface area contributed by atoms with E-state index in [4.69, 9.17) is 15.7 Å². The number of amidine groups is 1. The number of nitrogens with two attached hydrogens (primary N) is 1. The second kappa shape index (κ2) is 7.52. The van der Waals surface area contributed by atoms with Crippen LogP contribution >= 0.6 is 0 Å². The summed E-state index contributed by atoms with van der Waals surface area (Å²) in [6.07, 6.45) is 0.441. The number of aryl methyl sites for hydroxylation is 2. The maximum Gasteiger partial charge on any atom is 0.225 e. The number of aromatic nitrogens is 2. The summed E-state index contributed by atoms with van der Waals surface area (Å²) in [4.78, 5) is 10.8. The lowest BCUT2D eigenvalue weighted by Crippen LogP contribution is -2.32. The fourth-order valence-electron chi connectivity index (χ4n) is 1.66. The van der Waals surface area contributed by atoms with Gasteiger partial charge in [0, 0.05) is 38.0 Å². The average molecular weight is 267 g/mol. The van der Waals surface area contributed by atoms with Crippen molar-refractivity contribution in [1.29, 1.82) is 0 Å². The van der Waals surface area contributed by atoms with Crippen molar-refractivity contribution in [3.63, 3.8) is 0 Å². The monoisotopic (exact) mass is 267 g/mol. The van der Waals surface area contributed by atoms with Crippen LogP contribution in [0.5, 0.6) is 0 Å². The Hall–Kier alpha value is -1.89. The number of methoxy groups -OCH3 is 1. The molecule has 19 heavy (non-hydrogen) atoms. The maximum atomic E-state index is 8.57. The minimum atomic E-state index is 0.187. The van der Waals surface area contributed by atoms with Gasteiger partial charge in [0.25, 0.3) is 0 Å².